The van der Waals surface area contributed by atoms with Crippen LogP contribution in [0.4, 0.5) is 5.69 Å². The van der Waals surface area contributed by atoms with Crippen molar-refractivity contribution in [2.24, 2.45) is 0 Å². The molecule has 1 N–H and O–H groups in total. The van der Waals surface area contributed by atoms with Crippen molar-refractivity contribution in [2.75, 3.05) is 23.7 Å². The number of hydrogen-bond acceptors (Lipinski definition) is 3. The van der Waals surface area contributed by atoms with E-state index in [0.29, 0.717) is 0 Å². The highest BCUT2D eigenvalue weighted by atomic mass is 79.9. The maximum absolute atomic E-state index is 3.77. The molecule has 3 rings (SSSR count). The van der Waals surface area contributed by atoms with Crippen molar-refractivity contribution in [3.05, 3.63) is 28.2 Å². The average molecular weight is 355 g/mol. The predicted molar refractivity (Wildman–Crippen MR) is 92.8 cm³/mol. The topological polar surface area (TPSA) is 15.3 Å². The third kappa shape index (κ3) is 3.71. The number of anilines is 1. The van der Waals surface area contributed by atoms with Crippen LogP contribution in [0.5, 0.6) is 0 Å². The molecule has 110 valence electrons. The maximum Gasteiger partial charge on any atom is 0.0511 e. The van der Waals surface area contributed by atoms with Crippen LogP contribution in [0.15, 0.2) is 22.7 Å². The molecule has 1 saturated carbocycles. The van der Waals surface area contributed by atoms with Crippen LogP contribution in [0.3, 0.4) is 0 Å². The summed E-state index contributed by atoms with van der Waals surface area (Å²) in [4.78, 5) is 2.53. The van der Waals surface area contributed by atoms with Gasteiger partial charge < -0.3 is 10.2 Å². The summed E-state index contributed by atoms with van der Waals surface area (Å²) >= 11 is 5.89. The maximum atomic E-state index is 3.77. The Balaban J connectivity index is 1.66. The van der Waals surface area contributed by atoms with E-state index in [1.807, 2.05) is 0 Å². The van der Waals surface area contributed by atoms with Crippen molar-refractivity contribution >= 4 is 33.4 Å². The molecular weight excluding hydrogens is 332 g/mol. The molecule has 0 radical (unpaired) electrons. The van der Waals surface area contributed by atoms with E-state index in [0.717, 1.165) is 17.8 Å². The number of halogens is 1. The Kier molecular flexibility index (Phi) is 4.95. The molecular formula is C16H23BrN2S. The van der Waals surface area contributed by atoms with Crippen LogP contribution in [0.2, 0.25) is 0 Å². The van der Waals surface area contributed by atoms with Gasteiger partial charge in [-0.3, -0.25) is 0 Å². The van der Waals surface area contributed by atoms with Gasteiger partial charge in [0.05, 0.1) is 5.69 Å². The second-order valence-corrected chi connectivity index (χ2v) is 8.05. The summed E-state index contributed by atoms with van der Waals surface area (Å²) in [6.07, 6.45) is 3.97. The van der Waals surface area contributed by atoms with E-state index < -0.39 is 0 Å². The number of rotatable bonds is 5. The number of thioether (sulfide) groups is 1. The van der Waals surface area contributed by atoms with E-state index in [1.54, 1.807) is 0 Å². The molecule has 0 spiro atoms. The van der Waals surface area contributed by atoms with E-state index in [-0.39, 0.29) is 0 Å². The van der Waals surface area contributed by atoms with Crippen molar-refractivity contribution in [3.8, 4) is 0 Å². The highest BCUT2D eigenvalue weighted by Crippen LogP contribution is 2.32. The Bertz CT molecular complexity index is 462. The second kappa shape index (κ2) is 6.71. The van der Waals surface area contributed by atoms with Gasteiger partial charge in [0.15, 0.2) is 0 Å². The van der Waals surface area contributed by atoms with Crippen LogP contribution < -0.4 is 10.2 Å². The van der Waals surface area contributed by atoms with Gasteiger partial charge in [-0.15, -0.1) is 0 Å². The lowest BCUT2D eigenvalue weighted by Gasteiger charge is -2.34. The van der Waals surface area contributed by atoms with Crippen LogP contribution in [0.1, 0.15) is 31.7 Å². The molecule has 0 amide bonds. The standard InChI is InChI=1S/C16H23BrN2S/c1-2-14-11-19(7-8-20-14)16-6-3-12(9-15(16)17)10-18-13-4-5-13/h3,6,9,13-14,18H,2,4-5,7-8,10-11H2,1H3. The molecule has 0 bridgehead atoms. The van der Waals surface area contributed by atoms with E-state index in [1.165, 1.54) is 53.8 Å². The van der Waals surface area contributed by atoms with Crippen LogP contribution in [0, 0.1) is 0 Å². The fourth-order valence-electron chi connectivity index (χ4n) is 2.65. The molecule has 2 nitrogen and oxygen atoms in total. The summed E-state index contributed by atoms with van der Waals surface area (Å²) in [7, 11) is 0. The summed E-state index contributed by atoms with van der Waals surface area (Å²) in [5.41, 5.74) is 2.74. The van der Waals surface area contributed by atoms with Gasteiger partial charge in [-0.1, -0.05) is 13.0 Å². The first-order chi connectivity index (χ1) is 9.76. The molecule has 4 heteroatoms. The van der Waals surface area contributed by atoms with Gasteiger partial charge in [-0.05, 0) is 52.9 Å². The van der Waals surface area contributed by atoms with Crippen molar-refractivity contribution in [2.45, 2.75) is 44.0 Å². The summed E-state index contributed by atoms with van der Waals surface area (Å²) < 4.78 is 1.24. The molecule has 1 unspecified atom stereocenters. The van der Waals surface area contributed by atoms with Gasteiger partial charge in [0.2, 0.25) is 0 Å². The molecule has 0 aromatic heterocycles. The SMILES string of the molecule is CCC1CN(c2ccc(CNC3CC3)cc2Br)CCS1. The largest absolute Gasteiger partial charge is 0.369 e. The van der Waals surface area contributed by atoms with Gasteiger partial charge in [-0.25, -0.2) is 0 Å². The first-order valence-corrected chi connectivity index (χ1v) is 9.49. The second-order valence-electron chi connectivity index (χ2n) is 5.79. The fraction of sp³-hybridized carbons (Fsp3) is 0.625. The fourth-order valence-corrected chi connectivity index (χ4v) is 4.51. The number of benzene rings is 1. The summed E-state index contributed by atoms with van der Waals surface area (Å²) in [6, 6.07) is 7.63. The van der Waals surface area contributed by atoms with Crippen molar-refractivity contribution in [1.82, 2.24) is 5.32 Å². The Morgan fingerprint density at radius 2 is 2.25 bits per heavy atom. The molecule has 1 aliphatic heterocycles. The minimum absolute atomic E-state index is 0.776. The van der Waals surface area contributed by atoms with Gasteiger partial charge >= 0.3 is 0 Å². The molecule has 20 heavy (non-hydrogen) atoms. The summed E-state index contributed by atoms with van der Waals surface area (Å²) in [5.74, 6) is 1.25. The third-order valence-corrected chi connectivity index (χ3v) is 6.13. The monoisotopic (exact) mass is 354 g/mol. The number of hydrogen-bond donors (Lipinski definition) is 1. The summed E-state index contributed by atoms with van der Waals surface area (Å²) in [5, 5.41) is 4.36. The highest BCUT2D eigenvalue weighted by molar-refractivity contribution is 9.10. The van der Waals surface area contributed by atoms with Gasteiger partial charge in [-0.2, -0.15) is 11.8 Å². The zero-order valence-corrected chi connectivity index (χ0v) is 14.5. The molecule has 1 aliphatic carbocycles. The molecule has 1 aromatic carbocycles. The molecule has 2 aliphatic rings. The number of nitrogens with zero attached hydrogens (tertiary/aromatic N) is 1. The minimum Gasteiger partial charge on any atom is -0.369 e. The van der Waals surface area contributed by atoms with Crippen LogP contribution in [-0.4, -0.2) is 30.1 Å². The smallest absolute Gasteiger partial charge is 0.0511 e. The van der Waals surface area contributed by atoms with Crippen molar-refractivity contribution in [1.29, 1.82) is 0 Å². The van der Waals surface area contributed by atoms with E-state index in [2.05, 4.69) is 63.0 Å². The van der Waals surface area contributed by atoms with Crippen molar-refractivity contribution < 1.29 is 0 Å². The van der Waals surface area contributed by atoms with E-state index in [9.17, 15) is 0 Å². The quantitative estimate of drug-likeness (QED) is 0.858. The van der Waals surface area contributed by atoms with E-state index in [4.69, 9.17) is 0 Å². The average Bonchev–Trinajstić information content (AvgIpc) is 3.29. The lowest BCUT2D eigenvalue weighted by molar-refractivity contribution is 0.687. The zero-order valence-electron chi connectivity index (χ0n) is 12.1. The van der Waals surface area contributed by atoms with Crippen LogP contribution >= 0.6 is 27.7 Å². The van der Waals surface area contributed by atoms with Crippen LogP contribution in [0.25, 0.3) is 0 Å². The van der Waals surface area contributed by atoms with E-state index >= 15 is 0 Å². The molecule has 1 aromatic rings. The Morgan fingerprint density at radius 3 is 2.95 bits per heavy atom. The van der Waals surface area contributed by atoms with Gasteiger partial charge in [0.1, 0.15) is 0 Å². The molecule has 1 atom stereocenters. The molecule has 2 fully saturated rings. The third-order valence-electron chi connectivity index (χ3n) is 4.12. The first kappa shape index (κ1) is 14.7. The Labute approximate surface area is 134 Å². The highest BCUT2D eigenvalue weighted by Gasteiger charge is 2.22. The Hall–Kier alpha value is -0.190. The van der Waals surface area contributed by atoms with Crippen LogP contribution in [-0.2, 0) is 6.54 Å². The van der Waals surface area contributed by atoms with Crippen molar-refractivity contribution in [3.63, 3.8) is 0 Å². The molecule has 1 heterocycles. The zero-order chi connectivity index (χ0) is 13.9. The summed E-state index contributed by atoms with van der Waals surface area (Å²) in [6.45, 7) is 5.64. The minimum atomic E-state index is 0.776. The van der Waals surface area contributed by atoms with Gasteiger partial charge in [0, 0.05) is 41.2 Å². The lowest BCUT2D eigenvalue weighted by atomic mass is 10.1. The predicted octanol–water partition coefficient (Wildman–Crippen LogP) is 4.03. The first-order valence-electron chi connectivity index (χ1n) is 7.64. The Morgan fingerprint density at radius 1 is 1.40 bits per heavy atom. The van der Waals surface area contributed by atoms with Gasteiger partial charge in [0.25, 0.3) is 0 Å². The molecule has 1 saturated heterocycles. The normalized spacial score (nSPS) is 23.1. The number of nitrogens with one attached hydrogen (secondary N) is 1. The lowest BCUT2D eigenvalue weighted by Crippen LogP contribution is -2.37.